The normalized spacial score (nSPS) is 10.5. The van der Waals surface area contributed by atoms with Crippen molar-refractivity contribution in [2.45, 2.75) is 11.6 Å². The van der Waals surface area contributed by atoms with Crippen molar-refractivity contribution in [2.75, 3.05) is 14.2 Å². The molecule has 0 aliphatic rings. The van der Waals surface area contributed by atoms with Gasteiger partial charge < -0.3 is 19.0 Å². The highest BCUT2D eigenvalue weighted by molar-refractivity contribution is 8.14. The van der Waals surface area contributed by atoms with Crippen LogP contribution in [0.2, 0.25) is 0 Å². The van der Waals surface area contributed by atoms with Gasteiger partial charge in [0.2, 0.25) is 11.0 Å². The molecule has 0 bridgehead atoms. The minimum absolute atomic E-state index is 0.119. The van der Waals surface area contributed by atoms with Crippen molar-refractivity contribution in [2.24, 2.45) is 0 Å². The van der Waals surface area contributed by atoms with Crippen LogP contribution < -0.4 is 9.47 Å². The first-order valence-electron chi connectivity index (χ1n) is 7.63. The quantitative estimate of drug-likeness (QED) is 0.659. The summed E-state index contributed by atoms with van der Waals surface area (Å²) in [5.41, 5.74) is 1.12. The smallest absolute Gasteiger partial charge is 0.284 e. The Morgan fingerprint density at radius 1 is 1.08 bits per heavy atom. The zero-order valence-corrected chi connectivity index (χ0v) is 14.9. The van der Waals surface area contributed by atoms with E-state index in [9.17, 15) is 9.90 Å². The lowest BCUT2D eigenvalue weighted by atomic mass is 10.1. The van der Waals surface area contributed by atoms with Crippen molar-refractivity contribution in [3.63, 3.8) is 0 Å². The average Bonchev–Trinajstić information content (AvgIpc) is 3.08. The molecule has 1 N–H and O–H groups in total. The molecule has 3 aromatic rings. The first-order chi connectivity index (χ1) is 12.6. The van der Waals surface area contributed by atoms with Crippen molar-refractivity contribution in [1.29, 1.82) is 0 Å². The summed E-state index contributed by atoms with van der Waals surface area (Å²) in [7, 11) is 3.09. The van der Waals surface area contributed by atoms with E-state index in [4.69, 9.17) is 13.9 Å². The van der Waals surface area contributed by atoms with Gasteiger partial charge in [-0.25, -0.2) is 0 Å². The molecular formula is C18H16N2O5S. The molecule has 0 aliphatic heterocycles. The molecule has 0 fully saturated rings. The minimum atomic E-state index is -0.398. The number of phenolic OH excluding ortho intramolecular Hbond substituents is 1. The predicted molar refractivity (Wildman–Crippen MR) is 94.9 cm³/mol. The summed E-state index contributed by atoms with van der Waals surface area (Å²) in [5.74, 6) is 1.45. The topological polar surface area (TPSA) is 94.7 Å². The fourth-order valence-electron chi connectivity index (χ4n) is 2.21. The maximum Gasteiger partial charge on any atom is 0.284 e. The Balaban J connectivity index is 1.66. The van der Waals surface area contributed by atoms with Crippen LogP contribution in [0.15, 0.2) is 52.1 Å². The Morgan fingerprint density at radius 2 is 1.77 bits per heavy atom. The number of rotatable bonds is 6. The number of ether oxygens (including phenoxy) is 2. The summed E-state index contributed by atoms with van der Waals surface area (Å²) in [4.78, 5) is 12.3. The van der Waals surface area contributed by atoms with Crippen LogP contribution in [0.4, 0.5) is 0 Å². The highest BCUT2D eigenvalue weighted by Crippen LogP contribution is 2.29. The molecule has 8 heteroatoms. The van der Waals surface area contributed by atoms with E-state index in [2.05, 4.69) is 10.2 Å². The highest BCUT2D eigenvalue weighted by atomic mass is 32.2. The molecule has 134 valence electrons. The molecule has 0 saturated heterocycles. The fraction of sp³-hybridized carbons (Fsp3) is 0.167. The number of carbonyl (C=O) groups excluding carboxylic acids is 1. The molecular weight excluding hydrogens is 356 g/mol. The molecule has 0 amide bonds. The van der Waals surface area contributed by atoms with Crippen LogP contribution in [-0.4, -0.2) is 34.6 Å². The highest BCUT2D eigenvalue weighted by Gasteiger charge is 2.18. The molecule has 0 saturated carbocycles. The van der Waals surface area contributed by atoms with Crippen LogP contribution in [0.25, 0.3) is 0 Å². The summed E-state index contributed by atoms with van der Waals surface area (Å²) < 4.78 is 15.6. The summed E-state index contributed by atoms with van der Waals surface area (Å²) in [5, 5.41) is 17.5. The molecule has 1 heterocycles. The standard InChI is InChI=1S/C18H16N2O5S/c1-23-12-5-3-11(4-6-12)9-16-19-20-18(25-16)26-17(22)14-8-7-13(24-2)10-15(14)21/h3-8,10,21H,9H2,1-2H3. The van der Waals surface area contributed by atoms with E-state index in [-0.39, 0.29) is 16.5 Å². The molecule has 0 spiro atoms. The Kier molecular flexibility index (Phi) is 5.43. The van der Waals surface area contributed by atoms with Crippen molar-refractivity contribution in [3.8, 4) is 17.2 Å². The molecule has 3 rings (SSSR count). The monoisotopic (exact) mass is 372 g/mol. The molecule has 2 aromatic carbocycles. The minimum Gasteiger partial charge on any atom is -0.507 e. The van der Waals surface area contributed by atoms with Gasteiger partial charge in [0.25, 0.3) is 5.22 Å². The lowest BCUT2D eigenvalue weighted by Gasteiger charge is -2.04. The first-order valence-corrected chi connectivity index (χ1v) is 8.45. The Hall–Kier alpha value is -3.00. The SMILES string of the molecule is COc1ccc(Cc2nnc(SC(=O)c3ccc(OC)cc3O)o2)cc1. The van der Waals surface area contributed by atoms with E-state index in [0.29, 0.717) is 18.1 Å². The number of methoxy groups -OCH3 is 2. The summed E-state index contributed by atoms with van der Waals surface area (Å²) in [6.45, 7) is 0. The third-order valence-electron chi connectivity index (χ3n) is 3.57. The second-order valence-electron chi connectivity index (χ2n) is 5.26. The second kappa shape index (κ2) is 7.92. The Labute approximate surface area is 154 Å². The average molecular weight is 372 g/mol. The third kappa shape index (κ3) is 4.15. The molecule has 7 nitrogen and oxygen atoms in total. The van der Waals surface area contributed by atoms with Gasteiger partial charge in [-0.2, -0.15) is 0 Å². The number of hydrogen-bond donors (Lipinski definition) is 1. The van der Waals surface area contributed by atoms with Gasteiger partial charge in [0, 0.05) is 17.8 Å². The van der Waals surface area contributed by atoms with Crippen molar-refractivity contribution < 1.29 is 23.8 Å². The van der Waals surface area contributed by atoms with E-state index < -0.39 is 5.12 Å². The van der Waals surface area contributed by atoms with Crippen LogP contribution in [0, 0.1) is 0 Å². The maximum absolute atomic E-state index is 12.3. The Morgan fingerprint density at radius 3 is 2.42 bits per heavy atom. The van der Waals surface area contributed by atoms with E-state index in [1.54, 1.807) is 13.2 Å². The van der Waals surface area contributed by atoms with Gasteiger partial charge in [-0.3, -0.25) is 4.79 Å². The van der Waals surface area contributed by atoms with Crippen molar-refractivity contribution in [3.05, 3.63) is 59.5 Å². The fourth-order valence-corrected chi connectivity index (χ4v) is 2.87. The van der Waals surface area contributed by atoms with Gasteiger partial charge in [0.15, 0.2) is 0 Å². The maximum atomic E-state index is 12.3. The molecule has 0 aliphatic carbocycles. The second-order valence-corrected chi connectivity index (χ2v) is 6.18. The zero-order valence-electron chi connectivity index (χ0n) is 14.1. The number of thioether (sulfide) groups is 1. The number of nitrogens with zero attached hydrogens (tertiary/aromatic N) is 2. The van der Waals surface area contributed by atoms with E-state index in [1.165, 1.54) is 19.2 Å². The van der Waals surface area contributed by atoms with Crippen LogP contribution in [0.5, 0.6) is 17.2 Å². The van der Waals surface area contributed by atoms with Gasteiger partial charge >= 0.3 is 0 Å². The van der Waals surface area contributed by atoms with Crippen molar-refractivity contribution >= 4 is 16.9 Å². The lowest BCUT2D eigenvalue weighted by Crippen LogP contribution is -1.95. The molecule has 1 aromatic heterocycles. The number of carbonyl (C=O) groups is 1. The van der Waals surface area contributed by atoms with Crippen molar-refractivity contribution in [1.82, 2.24) is 10.2 Å². The summed E-state index contributed by atoms with van der Waals surface area (Å²) >= 11 is 0.762. The third-order valence-corrected chi connectivity index (χ3v) is 4.31. The van der Waals surface area contributed by atoms with Crippen LogP contribution in [0.1, 0.15) is 21.8 Å². The largest absolute Gasteiger partial charge is 0.507 e. The summed E-state index contributed by atoms with van der Waals surface area (Å²) in [6.07, 6.45) is 0.444. The molecule has 0 radical (unpaired) electrons. The van der Waals surface area contributed by atoms with Crippen LogP contribution in [0.3, 0.4) is 0 Å². The number of benzene rings is 2. The number of aromatic hydroxyl groups is 1. The first kappa shape index (κ1) is 17.8. The van der Waals surface area contributed by atoms with Gasteiger partial charge in [0.05, 0.1) is 26.2 Å². The summed E-state index contributed by atoms with van der Waals surface area (Å²) in [6, 6.07) is 11.9. The molecule has 26 heavy (non-hydrogen) atoms. The number of hydrogen-bond acceptors (Lipinski definition) is 8. The molecule has 0 unspecified atom stereocenters. The van der Waals surface area contributed by atoms with Gasteiger partial charge in [0.1, 0.15) is 17.2 Å². The number of phenols is 1. The van der Waals surface area contributed by atoms with E-state index >= 15 is 0 Å². The Bertz CT molecular complexity index is 908. The zero-order chi connectivity index (χ0) is 18.5. The molecule has 0 atom stereocenters. The predicted octanol–water partition coefficient (Wildman–Crippen LogP) is 3.32. The van der Waals surface area contributed by atoms with E-state index in [0.717, 1.165) is 23.1 Å². The van der Waals surface area contributed by atoms with E-state index in [1.807, 2.05) is 24.3 Å². The van der Waals surface area contributed by atoms with Crippen LogP contribution in [-0.2, 0) is 6.42 Å². The number of aromatic nitrogens is 2. The van der Waals surface area contributed by atoms with Gasteiger partial charge in [-0.1, -0.05) is 12.1 Å². The van der Waals surface area contributed by atoms with Gasteiger partial charge in [-0.05, 0) is 29.8 Å². The van der Waals surface area contributed by atoms with Crippen LogP contribution >= 0.6 is 11.8 Å². The van der Waals surface area contributed by atoms with Gasteiger partial charge in [-0.15, -0.1) is 10.2 Å². The lowest BCUT2D eigenvalue weighted by molar-refractivity contribution is 0.108.